The number of alkyl halides is 3. The number of benzene rings is 1. The van der Waals surface area contributed by atoms with Gasteiger partial charge in [-0.3, -0.25) is 4.79 Å². The summed E-state index contributed by atoms with van der Waals surface area (Å²) in [6.45, 7) is 1.58. The quantitative estimate of drug-likeness (QED) is 0.626. The van der Waals surface area contributed by atoms with Gasteiger partial charge in [0.2, 0.25) is 5.91 Å². The number of carbonyl (C=O) groups excluding carboxylic acids is 1. The van der Waals surface area contributed by atoms with Gasteiger partial charge in [-0.1, -0.05) is 24.1 Å². The maximum atomic E-state index is 14.0. The average molecular weight is 425 g/mol. The molecule has 6 nitrogen and oxygen atoms in total. The van der Waals surface area contributed by atoms with Crippen LogP contribution in [-0.4, -0.2) is 33.9 Å². The molecular formula is C22H18F3N5O. The Bertz CT molecular complexity index is 1120. The third-order valence-corrected chi connectivity index (χ3v) is 4.35. The minimum absolute atomic E-state index is 0.112. The molecule has 0 radical (unpaired) electrons. The van der Waals surface area contributed by atoms with Crippen LogP contribution >= 0.6 is 0 Å². The van der Waals surface area contributed by atoms with Crippen LogP contribution in [0.15, 0.2) is 55.1 Å². The summed E-state index contributed by atoms with van der Waals surface area (Å²) in [5.74, 6) is 4.75. The average Bonchev–Trinajstić information content (AvgIpc) is 2.77. The fourth-order valence-electron chi connectivity index (χ4n) is 2.66. The van der Waals surface area contributed by atoms with Crippen molar-refractivity contribution in [2.75, 3.05) is 12.4 Å². The van der Waals surface area contributed by atoms with Gasteiger partial charge in [-0.15, -0.1) is 0 Å². The molecular weight excluding hydrogens is 407 g/mol. The first-order valence-corrected chi connectivity index (χ1v) is 9.22. The SMILES string of the molecule is CNC(C)C(=O)Nc1cc(C(F)(F)F)c(-c2cncnc2)c(C#Cc2ccccc2)n1. The van der Waals surface area contributed by atoms with E-state index in [9.17, 15) is 18.0 Å². The van der Waals surface area contributed by atoms with E-state index in [0.29, 0.717) is 5.56 Å². The molecule has 2 aromatic heterocycles. The molecule has 0 saturated carbocycles. The van der Waals surface area contributed by atoms with Gasteiger partial charge in [-0.05, 0) is 38.1 Å². The fourth-order valence-corrected chi connectivity index (χ4v) is 2.66. The second kappa shape index (κ2) is 9.36. The molecule has 2 heterocycles. The van der Waals surface area contributed by atoms with Crippen LogP contribution in [0.2, 0.25) is 0 Å². The lowest BCUT2D eigenvalue weighted by molar-refractivity contribution is -0.137. The fraction of sp³-hybridized carbons (Fsp3) is 0.182. The van der Waals surface area contributed by atoms with E-state index in [2.05, 4.69) is 37.4 Å². The highest BCUT2D eigenvalue weighted by molar-refractivity contribution is 5.94. The Morgan fingerprint density at radius 1 is 1.10 bits per heavy atom. The zero-order valence-corrected chi connectivity index (χ0v) is 16.7. The lowest BCUT2D eigenvalue weighted by Gasteiger charge is -2.17. The van der Waals surface area contributed by atoms with Crippen molar-refractivity contribution in [3.63, 3.8) is 0 Å². The smallest absolute Gasteiger partial charge is 0.309 e. The summed E-state index contributed by atoms with van der Waals surface area (Å²) in [7, 11) is 1.56. The minimum atomic E-state index is -4.73. The minimum Gasteiger partial charge on any atom is -0.309 e. The number of aromatic nitrogens is 3. The first kappa shape index (κ1) is 21.9. The van der Waals surface area contributed by atoms with Crippen LogP contribution in [0.3, 0.4) is 0 Å². The zero-order chi connectivity index (χ0) is 22.4. The first-order chi connectivity index (χ1) is 14.8. The lowest BCUT2D eigenvalue weighted by Crippen LogP contribution is -2.35. The van der Waals surface area contributed by atoms with Crippen LogP contribution < -0.4 is 10.6 Å². The molecule has 2 N–H and O–H groups in total. The number of hydrogen-bond acceptors (Lipinski definition) is 5. The molecule has 3 rings (SSSR count). The Balaban J connectivity index is 2.22. The van der Waals surface area contributed by atoms with Crippen molar-refractivity contribution >= 4 is 11.7 Å². The normalized spacial score (nSPS) is 11.9. The second-order valence-corrected chi connectivity index (χ2v) is 6.52. The van der Waals surface area contributed by atoms with Crippen LogP contribution in [0.25, 0.3) is 11.1 Å². The van der Waals surface area contributed by atoms with E-state index >= 15 is 0 Å². The van der Waals surface area contributed by atoms with Gasteiger partial charge in [-0.2, -0.15) is 13.2 Å². The van der Waals surface area contributed by atoms with Crippen molar-refractivity contribution in [3.05, 3.63) is 71.9 Å². The molecule has 0 aliphatic rings. The number of anilines is 1. The molecule has 1 atom stereocenters. The summed E-state index contributed by atoms with van der Waals surface area (Å²) in [5.41, 5.74) is -0.688. The Morgan fingerprint density at radius 2 is 1.77 bits per heavy atom. The van der Waals surface area contributed by atoms with Crippen LogP contribution in [0.5, 0.6) is 0 Å². The molecule has 158 valence electrons. The van der Waals surface area contributed by atoms with E-state index in [1.54, 1.807) is 44.3 Å². The number of pyridine rings is 1. The predicted octanol–water partition coefficient (Wildman–Crippen LogP) is 3.50. The molecule has 9 heteroatoms. The molecule has 0 bridgehead atoms. The Morgan fingerprint density at radius 3 is 2.39 bits per heavy atom. The molecule has 1 aromatic carbocycles. The second-order valence-electron chi connectivity index (χ2n) is 6.52. The van der Waals surface area contributed by atoms with E-state index in [1.807, 2.05) is 0 Å². The van der Waals surface area contributed by atoms with Gasteiger partial charge in [0, 0.05) is 29.1 Å². The molecule has 0 saturated heterocycles. The van der Waals surface area contributed by atoms with Crippen molar-refractivity contribution in [1.29, 1.82) is 0 Å². The first-order valence-electron chi connectivity index (χ1n) is 9.22. The van der Waals surface area contributed by atoms with E-state index in [0.717, 1.165) is 6.07 Å². The monoisotopic (exact) mass is 425 g/mol. The number of amides is 1. The summed E-state index contributed by atoms with van der Waals surface area (Å²) < 4.78 is 41.9. The number of likely N-dealkylation sites (N-methyl/N-ethyl adjacent to an activating group) is 1. The zero-order valence-electron chi connectivity index (χ0n) is 16.7. The third-order valence-electron chi connectivity index (χ3n) is 4.35. The molecule has 0 aliphatic heterocycles. The van der Waals surface area contributed by atoms with Crippen LogP contribution in [0.4, 0.5) is 19.0 Å². The number of hydrogen-bond donors (Lipinski definition) is 2. The van der Waals surface area contributed by atoms with Crippen molar-refractivity contribution < 1.29 is 18.0 Å². The highest BCUT2D eigenvalue weighted by Gasteiger charge is 2.36. The Labute approximate surface area is 177 Å². The molecule has 0 fully saturated rings. The number of halogens is 3. The van der Waals surface area contributed by atoms with Gasteiger partial charge in [0.15, 0.2) is 0 Å². The van der Waals surface area contributed by atoms with Gasteiger partial charge in [-0.25, -0.2) is 15.0 Å². The lowest BCUT2D eigenvalue weighted by atomic mass is 9.99. The Hall–Kier alpha value is -3.77. The number of nitrogens with one attached hydrogen (secondary N) is 2. The summed E-state index contributed by atoms with van der Waals surface area (Å²) in [5, 5.41) is 5.13. The molecule has 3 aromatic rings. The van der Waals surface area contributed by atoms with Gasteiger partial charge >= 0.3 is 6.18 Å². The maximum Gasteiger partial charge on any atom is 0.417 e. The standard InChI is InChI=1S/C22H18F3N5O/c1-14(26-2)21(31)30-19-10-17(22(23,24)25)20(16-11-27-13-28-12-16)18(29-19)9-8-15-6-4-3-5-7-15/h3-7,10-14,26H,1-2H3,(H,29,30,31). The van der Waals surface area contributed by atoms with E-state index in [4.69, 9.17) is 0 Å². The van der Waals surface area contributed by atoms with Crippen LogP contribution in [-0.2, 0) is 11.0 Å². The molecule has 0 aliphatic carbocycles. The Kier molecular flexibility index (Phi) is 6.62. The maximum absolute atomic E-state index is 14.0. The van der Waals surface area contributed by atoms with Crippen molar-refractivity contribution in [3.8, 4) is 23.0 Å². The molecule has 1 unspecified atom stereocenters. The predicted molar refractivity (Wildman–Crippen MR) is 110 cm³/mol. The topological polar surface area (TPSA) is 79.8 Å². The van der Waals surface area contributed by atoms with Gasteiger partial charge in [0.25, 0.3) is 0 Å². The largest absolute Gasteiger partial charge is 0.417 e. The molecule has 31 heavy (non-hydrogen) atoms. The van der Waals surface area contributed by atoms with Crippen LogP contribution in [0, 0.1) is 11.8 Å². The summed E-state index contributed by atoms with van der Waals surface area (Å²) in [6, 6.07) is 8.94. The number of carbonyl (C=O) groups is 1. The van der Waals surface area contributed by atoms with Crippen molar-refractivity contribution in [1.82, 2.24) is 20.3 Å². The van der Waals surface area contributed by atoms with Crippen molar-refractivity contribution in [2.24, 2.45) is 0 Å². The molecule has 0 spiro atoms. The summed E-state index contributed by atoms with van der Waals surface area (Å²) in [6.07, 6.45) is -0.999. The molecule has 1 amide bonds. The highest BCUT2D eigenvalue weighted by atomic mass is 19.4. The van der Waals surface area contributed by atoms with E-state index < -0.39 is 23.7 Å². The summed E-state index contributed by atoms with van der Waals surface area (Å²) >= 11 is 0. The van der Waals surface area contributed by atoms with Gasteiger partial charge in [0.05, 0.1) is 11.6 Å². The van der Waals surface area contributed by atoms with Gasteiger partial charge < -0.3 is 10.6 Å². The van der Waals surface area contributed by atoms with Crippen LogP contribution in [0.1, 0.15) is 23.7 Å². The third kappa shape index (κ3) is 5.43. The number of rotatable bonds is 4. The highest BCUT2D eigenvalue weighted by Crippen LogP contribution is 2.39. The number of nitrogens with zero attached hydrogens (tertiary/aromatic N) is 3. The van der Waals surface area contributed by atoms with E-state index in [1.165, 1.54) is 18.7 Å². The van der Waals surface area contributed by atoms with Crippen molar-refractivity contribution in [2.45, 2.75) is 19.1 Å². The summed E-state index contributed by atoms with van der Waals surface area (Å²) in [4.78, 5) is 24.0. The van der Waals surface area contributed by atoms with E-state index in [-0.39, 0.29) is 22.6 Å². The van der Waals surface area contributed by atoms with Gasteiger partial charge in [0.1, 0.15) is 17.8 Å².